The summed E-state index contributed by atoms with van der Waals surface area (Å²) in [5, 5.41) is 14.2. The number of rotatable bonds is 11. The van der Waals surface area contributed by atoms with Gasteiger partial charge in [-0.15, -0.1) is 0 Å². The zero-order chi connectivity index (χ0) is 23.5. The molecule has 0 aromatic carbocycles. The van der Waals surface area contributed by atoms with Crippen LogP contribution >= 0.6 is 0 Å². The van der Waals surface area contributed by atoms with Gasteiger partial charge >= 0.3 is 0 Å². The molecule has 4 saturated carbocycles. The van der Waals surface area contributed by atoms with Crippen LogP contribution in [0.25, 0.3) is 0 Å². The highest BCUT2D eigenvalue weighted by molar-refractivity contribution is 5.82. The standard InChI is InChI=1S/C30H53NO2/c1-4-5-6-7-8-9-19-31-20-16-28(32)27-13-12-26-25-11-10-22-21-29(2,33)17-14-23(22)24(25)15-18-30(26,27)3/h22-27,31,33H,4-21H2,1-3H3/t22-,23+,24-,25-,26+,27-,29-,30+/m1/s1. The van der Waals surface area contributed by atoms with Crippen molar-refractivity contribution in [1.82, 2.24) is 5.32 Å². The van der Waals surface area contributed by atoms with Gasteiger partial charge in [0.25, 0.3) is 0 Å². The van der Waals surface area contributed by atoms with Crippen LogP contribution in [0.1, 0.15) is 124 Å². The molecule has 4 aliphatic rings. The highest BCUT2D eigenvalue weighted by atomic mass is 16.3. The summed E-state index contributed by atoms with van der Waals surface area (Å²) < 4.78 is 0. The molecule has 0 amide bonds. The first-order valence-corrected chi connectivity index (χ1v) is 14.8. The Morgan fingerprint density at radius 3 is 2.42 bits per heavy atom. The topological polar surface area (TPSA) is 49.3 Å². The molecule has 190 valence electrons. The van der Waals surface area contributed by atoms with E-state index < -0.39 is 5.60 Å². The van der Waals surface area contributed by atoms with E-state index in [2.05, 4.69) is 26.1 Å². The van der Waals surface area contributed by atoms with Crippen LogP contribution in [0.2, 0.25) is 0 Å². The number of fused-ring (bicyclic) bond motifs is 5. The van der Waals surface area contributed by atoms with Crippen LogP contribution in [0, 0.1) is 40.9 Å². The lowest BCUT2D eigenvalue weighted by atomic mass is 9.49. The second-order valence-corrected chi connectivity index (χ2v) is 13.1. The summed E-state index contributed by atoms with van der Waals surface area (Å²) in [6, 6.07) is 0. The predicted molar refractivity (Wildman–Crippen MR) is 137 cm³/mol. The first-order chi connectivity index (χ1) is 15.9. The first-order valence-electron chi connectivity index (χ1n) is 14.8. The fraction of sp³-hybridized carbons (Fsp3) is 0.967. The Labute approximate surface area is 204 Å². The van der Waals surface area contributed by atoms with Crippen molar-refractivity contribution in [3.63, 3.8) is 0 Å². The Morgan fingerprint density at radius 2 is 1.61 bits per heavy atom. The number of aliphatic hydroxyl groups is 1. The van der Waals surface area contributed by atoms with Crippen molar-refractivity contribution in [3.05, 3.63) is 0 Å². The molecule has 0 radical (unpaired) electrons. The second kappa shape index (κ2) is 11.1. The lowest BCUT2D eigenvalue weighted by Crippen LogP contribution is -2.51. The molecule has 4 rings (SSSR count). The zero-order valence-corrected chi connectivity index (χ0v) is 22.0. The summed E-state index contributed by atoms with van der Waals surface area (Å²) in [6.07, 6.45) is 19.7. The fourth-order valence-electron chi connectivity index (χ4n) is 9.15. The number of ketones is 1. The Kier molecular flexibility index (Phi) is 8.64. The van der Waals surface area contributed by atoms with E-state index >= 15 is 0 Å². The average molecular weight is 460 g/mol. The predicted octanol–water partition coefficient (Wildman–Crippen LogP) is 6.92. The highest BCUT2D eigenvalue weighted by Crippen LogP contribution is 2.64. The number of nitrogens with one attached hydrogen (secondary N) is 1. The van der Waals surface area contributed by atoms with Crippen LogP contribution in [0.15, 0.2) is 0 Å². The van der Waals surface area contributed by atoms with Crippen molar-refractivity contribution in [2.45, 2.75) is 129 Å². The summed E-state index contributed by atoms with van der Waals surface area (Å²) in [5.41, 5.74) is -0.171. The largest absolute Gasteiger partial charge is 0.390 e. The van der Waals surface area contributed by atoms with E-state index in [-0.39, 0.29) is 5.41 Å². The summed E-state index contributed by atoms with van der Waals surface area (Å²) in [6.45, 7) is 8.77. The maximum absolute atomic E-state index is 13.3. The molecule has 33 heavy (non-hydrogen) atoms. The number of Topliss-reactive ketones (excluding diaryl/α,β-unsaturated/α-hetero) is 1. The second-order valence-electron chi connectivity index (χ2n) is 13.1. The van der Waals surface area contributed by atoms with Gasteiger partial charge in [-0.05, 0) is 113 Å². The van der Waals surface area contributed by atoms with Crippen LogP contribution < -0.4 is 5.32 Å². The third kappa shape index (κ3) is 5.71. The monoisotopic (exact) mass is 459 g/mol. The van der Waals surface area contributed by atoms with Crippen molar-refractivity contribution in [2.24, 2.45) is 40.9 Å². The van der Waals surface area contributed by atoms with Gasteiger partial charge in [0, 0.05) is 18.9 Å². The average Bonchev–Trinajstić information content (AvgIpc) is 3.14. The maximum atomic E-state index is 13.3. The fourth-order valence-corrected chi connectivity index (χ4v) is 9.15. The third-order valence-corrected chi connectivity index (χ3v) is 10.9. The normalized spacial score (nSPS) is 42.4. The summed E-state index contributed by atoms with van der Waals surface area (Å²) >= 11 is 0. The lowest BCUT2D eigenvalue weighted by Gasteiger charge is -2.56. The van der Waals surface area contributed by atoms with Crippen LogP contribution in [-0.2, 0) is 4.79 Å². The molecule has 0 aromatic heterocycles. The minimum absolute atomic E-state index is 0.254. The molecule has 4 fully saturated rings. The Bertz CT molecular complexity index is 645. The van der Waals surface area contributed by atoms with E-state index in [1.165, 1.54) is 77.0 Å². The SMILES string of the molecule is CCCCCCCCNCCC(=O)[C@H]1CC[C@H]2[C@@H]3CC[C@@H]4C[C@](C)(O)CC[C@@H]4[C@H]3CC[C@]12C. The van der Waals surface area contributed by atoms with Crippen LogP contribution in [0.3, 0.4) is 0 Å². The number of unbranched alkanes of at least 4 members (excludes halogenated alkanes) is 5. The molecular formula is C30H53NO2. The Hall–Kier alpha value is -0.410. The van der Waals surface area contributed by atoms with Gasteiger partial charge in [0.05, 0.1) is 5.60 Å². The molecule has 3 heteroatoms. The molecule has 2 N–H and O–H groups in total. The number of hydrogen-bond acceptors (Lipinski definition) is 3. The van der Waals surface area contributed by atoms with E-state index in [1.54, 1.807) is 0 Å². The van der Waals surface area contributed by atoms with E-state index in [9.17, 15) is 9.90 Å². The number of carbonyl (C=O) groups excluding carboxylic acids is 1. The molecule has 0 heterocycles. The van der Waals surface area contributed by atoms with Gasteiger partial charge in [-0.3, -0.25) is 4.79 Å². The molecule has 0 aromatic rings. The minimum atomic E-state index is -0.425. The molecule has 0 aliphatic heterocycles. The highest BCUT2D eigenvalue weighted by Gasteiger charge is 2.58. The molecule has 0 saturated heterocycles. The van der Waals surface area contributed by atoms with Gasteiger partial charge in [-0.2, -0.15) is 0 Å². The molecule has 4 aliphatic carbocycles. The van der Waals surface area contributed by atoms with E-state index in [0.29, 0.717) is 11.7 Å². The summed E-state index contributed by atoms with van der Waals surface area (Å²) in [7, 11) is 0. The quantitative estimate of drug-likeness (QED) is 0.330. The zero-order valence-electron chi connectivity index (χ0n) is 22.0. The van der Waals surface area contributed by atoms with Gasteiger partial charge in [-0.25, -0.2) is 0 Å². The molecule has 0 bridgehead atoms. The van der Waals surface area contributed by atoms with Gasteiger partial charge in [-0.1, -0.05) is 46.0 Å². The summed E-state index contributed by atoms with van der Waals surface area (Å²) in [4.78, 5) is 13.3. The Balaban J connectivity index is 1.24. The van der Waals surface area contributed by atoms with E-state index in [0.717, 1.165) is 68.4 Å². The van der Waals surface area contributed by atoms with Gasteiger partial charge in [0.1, 0.15) is 5.78 Å². The molecule has 0 unspecified atom stereocenters. The van der Waals surface area contributed by atoms with E-state index in [4.69, 9.17) is 0 Å². The van der Waals surface area contributed by atoms with Crippen molar-refractivity contribution in [1.29, 1.82) is 0 Å². The third-order valence-electron chi connectivity index (χ3n) is 10.9. The molecule has 8 atom stereocenters. The van der Waals surface area contributed by atoms with E-state index in [1.807, 2.05) is 0 Å². The van der Waals surface area contributed by atoms with Crippen molar-refractivity contribution in [3.8, 4) is 0 Å². The van der Waals surface area contributed by atoms with Crippen LogP contribution in [0.4, 0.5) is 0 Å². The molecule has 3 nitrogen and oxygen atoms in total. The van der Waals surface area contributed by atoms with Crippen LogP contribution in [0.5, 0.6) is 0 Å². The van der Waals surface area contributed by atoms with Crippen LogP contribution in [-0.4, -0.2) is 29.6 Å². The minimum Gasteiger partial charge on any atom is -0.390 e. The van der Waals surface area contributed by atoms with Crippen molar-refractivity contribution in [2.75, 3.05) is 13.1 Å². The van der Waals surface area contributed by atoms with Crippen molar-refractivity contribution >= 4 is 5.78 Å². The molecule has 0 spiro atoms. The summed E-state index contributed by atoms with van der Waals surface area (Å²) in [5.74, 6) is 4.93. The smallest absolute Gasteiger partial charge is 0.137 e. The van der Waals surface area contributed by atoms with Gasteiger partial charge < -0.3 is 10.4 Å². The van der Waals surface area contributed by atoms with Crippen molar-refractivity contribution < 1.29 is 9.90 Å². The van der Waals surface area contributed by atoms with Gasteiger partial charge in [0.2, 0.25) is 0 Å². The Morgan fingerprint density at radius 1 is 0.848 bits per heavy atom. The lowest BCUT2D eigenvalue weighted by molar-refractivity contribution is -0.132. The molecular weight excluding hydrogens is 406 g/mol. The first kappa shape index (κ1) is 25.7. The number of hydrogen-bond donors (Lipinski definition) is 2. The number of carbonyl (C=O) groups is 1. The maximum Gasteiger partial charge on any atom is 0.137 e. The van der Waals surface area contributed by atoms with Gasteiger partial charge in [0.15, 0.2) is 0 Å².